The van der Waals surface area contributed by atoms with Crippen molar-refractivity contribution >= 4 is 21.6 Å². The van der Waals surface area contributed by atoms with Crippen LogP contribution in [0.5, 0.6) is 0 Å². The number of hydrogen-bond donors (Lipinski definition) is 1. The van der Waals surface area contributed by atoms with Crippen molar-refractivity contribution in [3.8, 4) is 6.07 Å². The Labute approximate surface area is 128 Å². The monoisotopic (exact) mass is 326 g/mol. The second kappa shape index (κ2) is 5.25. The second-order valence-electron chi connectivity index (χ2n) is 5.65. The summed E-state index contributed by atoms with van der Waals surface area (Å²) in [4.78, 5) is -0.0299. The number of aliphatic hydroxyl groups is 1. The Balaban J connectivity index is 1.94. The van der Waals surface area contributed by atoms with Gasteiger partial charge in [-0.2, -0.15) is 9.57 Å². The molecule has 1 aromatic rings. The number of fused-ring (bicyclic) bond motifs is 1. The van der Waals surface area contributed by atoms with Crippen molar-refractivity contribution in [2.24, 2.45) is 11.8 Å². The molecule has 0 aromatic heterocycles. The fraction of sp³-hybridized carbons (Fsp3) is 0.500. The van der Waals surface area contributed by atoms with Gasteiger partial charge in [-0.15, -0.1) is 0 Å². The standard InChI is InChI=1S/C14H15ClN2O3S/c15-12-3-1-9(6-16)5-14(12)21(19,20)17-7-10-2-4-13(18)11(10)8-17/h1,3,5,10-11,13,18H,2,4,7-8H2. The van der Waals surface area contributed by atoms with E-state index in [4.69, 9.17) is 16.9 Å². The molecule has 0 bridgehead atoms. The minimum absolute atomic E-state index is 0.0118. The van der Waals surface area contributed by atoms with Crippen LogP contribution in [0.15, 0.2) is 23.1 Å². The summed E-state index contributed by atoms with van der Waals surface area (Å²) in [6, 6.07) is 6.15. The van der Waals surface area contributed by atoms with Gasteiger partial charge >= 0.3 is 0 Å². The average Bonchev–Trinajstić information content (AvgIpc) is 3.02. The van der Waals surface area contributed by atoms with Crippen LogP contribution < -0.4 is 0 Å². The van der Waals surface area contributed by atoms with Crippen LogP contribution in [0.1, 0.15) is 18.4 Å². The minimum atomic E-state index is -3.73. The zero-order valence-corrected chi connectivity index (χ0v) is 12.8. The fourth-order valence-corrected chi connectivity index (χ4v) is 5.34. The molecule has 2 fully saturated rings. The van der Waals surface area contributed by atoms with Crippen LogP contribution >= 0.6 is 11.6 Å². The lowest BCUT2D eigenvalue weighted by atomic mass is 10.00. The molecule has 1 saturated heterocycles. The van der Waals surface area contributed by atoms with E-state index in [1.165, 1.54) is 22.5 Å². The first-order chi connectivity index (χ1) is 9.93. The largest absolute Gasteiger partial charge is 0.393 e. The third-order valence-corrected chi connectivity index (χ3v) is 6.78. The Morgan fingerprint density at radius 3 is 2.76 bits per heavy atom. The van der Waals surface area contributed by atoms with Crippen LogP contribution in [-0.2, 0) is 10.0 Å². The molecule has 0 radical (unpaired) electrons. The molecule has 1 saturated carbocycles. The topological polar surface area (TPSA) is 81.4 Å². The summed E-state index contributed by atoms with van der Waals surface area (Å²) in [6.07, 6.45) is 1.17. The highest BCUT2D eigenvalue weighted by molar-refractivity contribution is 7.89. The SMILES string of the molecule is N#Cc1ccc(Cl)c(S(=O)(=O)N2CC3CCC(O)C3C2)c1. The van der Waals surface area contributed by atoms with Gasteiger partial charge in [-0.3, -0.25) is 0 Å². The molecule has 1 N–H and O–H groups in total. The number of nitriles is 1. The number of halogens is 1. The zero-order chi connectivity index (χ0) is 15.2. The molecular weight excluding hydrogens is 312 g/mol. The maximum atomic E-state index is 12.7. The Kier molecular flexibility index (Phi) is 3.70. The van der Waals surface area contributed by atoms with Crippen LogP contribution in [0.4, 0.5) is 0 Å². The normalized spacial score (nSPS) is 29.3. The molecule has 1 aliphatic carbocycles. The summed E-state index contributed by atoms with van der Waals surface area (Å²) in [5.41, 5.74) is 0.261. The number of sulfonamides is 1. The number of benzene rings is 1. The van der Waals surface area contributed by atoms with Crippen molar-refractivity contribution in [2.75, 3.05) is 13.1 Å². The molecule has 7 heteroatoms. The minimum Gasteiger partial charge on any atom is -0.393 e. The molecule has 21 heavy (non-hydrogen) atoms. The molecule has 2 aliphatic rings. The first-order valence-electron chi connectivity index (χ1n) is 6.81. The number of rotatable bonds is 2. The van der Waals surface area contributed by atoms with E-state index in [1.54, 1.807) is 0 Å². The van der Waals surface area contributed by atoms with Gasteiger partial charge in [-0.05, 0) is 37.0 Å². The van der Waals surface area contributed by atoms with E-state index >= 15 is 0 Å². The van der Waals surface area contributed by atoms with E-state index in [0.29, 0.717) is 13.1 Å². The van der Waals surface area contributed by atoms with Crippen LogP contribution in [0.2, 0.25) is 5.02 Å². The Morgan fingerprint density at radius 1 is 1.33 bits per heavy atom. The molecule has 0 spiro atoms. The Morgan fingerprint density at radius 2 is 2.10 bits per heavy atom. The lowest BCUT2D eigenvalue weighted by molar-refractivity contribution is 0.129. The van der Waals surface area contributed by atoms with E-state index in [2.05, 4.69) is 0 Å². The Hall–Kier alpha value is -1.13. The highest BCUT2D eigenvalue weighted by atomic mass is 35.5. The van der Waals surface area contributed by atoms with Gasteiger partial charge in [0, 0.05) is 19.0 Å². The van der Waals surface area contributed by atoms with Gasteiger partial charge in [0.1, 0.15) is 4.90 Å². The van der Waals surface area contributed by atoms with Gasteiger partial charge in [-0.1, -0.05) is 11.6 Å². The molecule has 0 amide bonds. The van der Waals surface area contributed by atoms with Crippen molar-refractivity contribution in [3.05, 3.63) is 28.8 Å². The molecule has 3 atom stereocenters. The third kappa shape index (κ3) is 2.44. The second-order valence-corrected chi connectivity index (χ2v) is 7.96. The average molecular weight is 327 g/mol. The predicted octanol–water partition coefficient (Wildman–Crippen LogP) is 1.60. The number of nitrogens with zero attached hydrogens (tertiary/aromatic N) is 2. The summed E-state index contributed by atoms with van der Waals surface area (Å²) in [5.74, 6) is 0.227. The Bertz CT molecular complexity index is 713. The fourth-order valence-electron chi connectivity index (χ4n) is 3.30. The van der Waals surface area contributed by atoms with Gasteiger partial charge in [0.2, 0.25) is 10.0 Å². The zero-order valence-electron chi connectivity index (χ0n) is 11.2. The molecule has 1 aliphatic heterocycles. The quantitative estimate of drug-likeness (QED) is 0.895. The summed E-state index contributed by atoms with van der Waals surface area (Å²) < 4.78 is 26.8. The summed E-state index contributed by atoms with van der Waals surface area (Å²) >= 11 is 6.00. The van der Waals surface area contributed by atoms with Gasteiger partial charge < -0.3 is 5.11 Å². The van der Waals surface area contributed by atoms with Crippen LogP contribution in [0.3, 0.4) is 0 Å². The molecule has 112 valence electrons. The van der Waals surface area contributed by atoms with Crippen LogP contribution in [0, 0.1) is 23.2 Å². The molecule has 5 nitrogen and oxygen atoms in total. The maximum Gasteiger partial charge on any atom is 0.244 e. The van der Waals surface area contributed by atoms with Gasteiger partial charge in [0.05, 0.1) is 22.8 Å². The van der Waals surface area contributed by atoms with Crippen LogP contribution in [-0.4, -0.2) is 37.0 Å². The van der Waals surface area contributed by atoms with E-state index in [-0.39, 0.29) is 27.3 Å². The van der Waals surface area contributed by atoms with E-state index in [9.17, 15) is 13.5 Å². The first-order valence-corrected chi connectivity index (χ1v) is 8.63. The van der Waals surface area contributed by atoms with Gasteiger partial charge in [0.25, 0.3) is 0 Å². The summed E-state index contributed by atoms with van der Waals surface area (Å²) in [6.45, 7) is 0.735. The maximum absolute atomic E-state index is 12.7. The summed E-state index contributed by atoms with van der Waals surface area (Å²) in [7, 11) is -3.73. The third-order valence-electron chi connectivity index (χ3n) is 4.46. The van der Waals surface area contributed by atoms with E-state index < -0.39 is 16.1 Å². The van der Waals surface area contributed by atoms with Crippen molar-refractivity contribution in [3.63, 3.8) is 0 Å². The van der Waals surface area contributed by atoms with Crippen molar-refractivity contribution < 1.29 is 13.5 Å². The van der Waals surface area contributed by atoms with Gasteiger partial charge in [0.15, 0.2) is 0 Å². The smallest absolute Gasteiger partial charge is 0.244 e. The lowest BCUT2D eigenvalue weighted by Gasteiger charge is -2.19. The first kappa shape index (κ1) is 14.8. The molecule has 1 heterocycles. The summed E-state index contributed by atoms with van der Waals surface area (Å²) in [5, 5.41) is 18.9. The number of hydrogen-bond acceptors (Lipinski definition) is 4. The molecular formula is C14H15ClN2O3S. The van der Waals surface area contributed by atoms with Crippen molar-refractivity contribution in [1.82, 2.24) is 4.31 Å². The highest BCUT2D eigenvalue weighted by Crippen LogP contribution is 2.40. The van der Waals surface area contributed by atoms with Crippen molar-refractivity contribution in [2.45, 2.75) is 23.8 Å². The molecule has 3 rings (SSSR count). The lowest BCUT2D eigenvalue weighted by Crippen LogP contribution is -2.31. The number of aliphatic hydroxyl groups excluding tert-OH is 1. The van der Waals surface area contributed by atoms with Crippen LogP contribution in [0.25, 0.3) is 0 Å². The van der Waals surface area contributed by atoms with Crippen molar-refractivity contribution in [1.29, 1.82) is 5.26 Å². The van der Waals surface area contributed by atoms with E-state index in [0.717, 1.165) is 12.8 Å². The van der Waals surface area contributed by atoms with Gasteiger partial charge in [-0.25, -0.2) is 8.42 Å². The molecule has 3 unspecified atom stereocenters. The predicted molar refractivity (Wildman–Crippen MR) is 77.1 cm³/mol. The highest BCUT2D eigenvalue weighted by Gasteiger charge is 2.46. The molecule has 1 aromatic carbocycles. The van der Waals surface area contributed by atoms with E-state index in [1.807, 2.05) is 6.07 Å².